The van der Waals surface area contributed by atoms with Crippen LogP contribution in [0.3, 0.4) is 0 Å². The maximum atomic E-state index is 12.0. The zero-order valence-electron chi connectivity index (χ0n) is 13.6. The van der Waals surface area contributed by atoms with Gasteiger partial charge in [0.2, 0.25) is 0 Å². The van der Waals surface area contributed by atoms with E-state index in [-0.39, 0.29) is 6.09 Å². The minimum atomic E-state index is -0.417. The number of aromatic nitrogens is 2. The van der Waals surface area contributed by atoms with Crippen LogP contribution in [0.2, 0.25) is 0 Å². The normalized spacial score (nSPS) is 17.0. The van der Waals surface area contributed by atoms with Crippen LogP contribution in [-0.4, -0.2) is 39.5 Å². The number of piperidine rings is 1. The van der Waals surface area contributed by atoms with Crippen molar-refractivity contribution in [3.05, 3.63) is 18.0 Å². The first-order chi connectivity index (χ1) is 9.87. The second kappa shape index (κ2) is 6.50. The van der Waals surface area contributed by atoms with Gasteiger partial charge in [0, 0.05) is 25.8 Å². The van der Waals surface area contributed by atoms with E-state index in [0.717, 1.165) is 44.6 Å². The molecule has 0 bridgehead atoms. The Hall–Kier alpha value is -1.52. The third kappa shape index (κ3) is 4.76. The Morgan fingerprint density at radius 3 is 2.57 bits per heavy atom. The van der Waals surface area contributed by atoms with Crippen LogP contribution in [-0.2, 0) is 17.7 Å². The maximum absolute atomic E-state index is 12.0. The van der Waals surface area contributed by atoms with E-state index in [1.54, 1.807) is 0 Å². The highest BCUT2D eigenvalue weighted by atomic mass is 16.6. The summed E-state index contributed by atoms with van der Waals surface area (Å²) >= 11 is 0. The first-order valence-electron chi connectivity index (χ1n) is 7.87. The summed E-state index contributed by atoms with van der Waals surface area (Å²) in [4.78, 5) is 13.8. The van der Waals surface area contributed by atoms with Gasteiger partial charge < -0.3 is 9.64 Å². The van der Waals surface area contributed by atoms with Crippen LogP contribution in [0.4, 0.5) is 4.79 Å². The second-order valence-corrected chi connectivity index (χ2v) is 6.79. The van der Waals surface area contributed by atoms with Crippen LogP contribution in [0.5, 0.6) is 0 Å². The van der Waals surface area contributed by atoms with E-state index in [1.807, 2.05) is 30.4 Å². The Morgan fingerprint density at radius 1 is 1.38 bits per heavy atom. The lowest BCUT2D eigenvalue weighted by molar-refractivity contribution is 0.0177. The molecule has 1 aromatic heterocycles. The molecule has 2 heterocycles. The van der Waals surface area contributed by atoms with Gasteiger partial charge in [-0.2, -0.15) is 5.10 Å². The van der Waals surface area contributed by atoms with Crippen LogP contribution < -0.4 is 0 Å². The van der Waals surface area contributed by atoms with E-state index in [9.17, 15) is 4.79 Å². The van der Waals surface area contributed by atoms with Crippen LogP contribution in [0.1, 0.15) is 46.2 Å². The molecule has 0 radical (unpaired) electrons. The van der Waals surface area contributed by atoms with E-state index in [4.69, 9.17) is 4.74 Å². The van der Waals surface area contributed by atoms with Gasteiger partial charge in [0.1, 0.15) is 5.60 Å². The molecule has 1 aromatic rings. The molecule has 2 rings (SSSR count). The summed E-state index contributed by atoms with van der Waals surface area (Å²) in [6.07, 6.45) is 4.87. The number of amides is 1. The number of carbonyl (C=O) groups excluding carboxylic acids is 1. The van der Waals surface area contributed by atoms with Gasteiger partial charge in [-0.15, -0.1) is 0 Å². The lowest BCUT2D eigenvalue weighted by Crippen LogP contribution is -2.42. The molecule has 1 saturated heterocycles. The van der Waals surface area contributed by atoms with Crippen molar-refractivity contribution in [3.63, 3.8) is 0 Å². The van der Waals surface area contributed by atoms with E-state index in [0.29, 0.717) is 5.92 Å². The molecular formula is C16H27N3O2. The quantitative estimate of drug-likeness (QED) is 0.860. The topological polar surface area (TPSA) is 47.4 Å². The average Bonchev–Trinajstić information content (AvgIpc) is 2.85. The number of carbonyl (C=O) groups is 1. The lowest BCUT2D eigenvalue weighted by Gasteiger charge is -2.33. The molecule has 1 aliphatic rings. The first-order valence-corrected chi connectivity index (χ1v) is 7.87. The first kappa shape index (κ1) is 15.9. The predicted molar refractivity (Wildman–Crippen MR) is 82.1 cm³/mol. The van der Waals surface area contributed by atoms with Gasteiger partial charge in [0.05, 0.1) is 5.69 Å². The summed E-state index contributed by atoms with van der Waals surface area (Å²) in [5, 5.41) is 4.54. The summed E-state index contributed by atoms with van der Waals surface area (Å²) in [7, 11) is 0. The van der Waals surface area contributed by atoms with Crippen molar-refractivity contribution in [1.82, 2.24) is 14.7 Å². The SMILES string of the molecule is CCc1ccn(CC2CCN(C(=O)OC(C)(C)C)CC2)n1. The highest BCUT2D eigenvalue weighted by molar-refractivity contribution is 5.68. The van der Waals surface area contributed by atoms with Crippen molar-refractivity contribution < 1.29 is 9.53 Å². The van der Waals surface area contributed by atoms with Crippen molar-refractivity contribution >= 4 is 6.09 Å². The molecule has 0 unspecified atom stereocenters. The van der Waals surface area contributed by atoms with Crippen molar-refractivity contribution in [3.8, 4) is 0 Å². The molecule has 5 heteroatoms. The standard InChI is InChI=1S/C16H27N3O2/c1-5-14-8-11-19(17-14)12-13-6-9-18(10-7-13)15(20)21-16(2,3)4/h8,11,13H,5-7,9-10,12H2,1-4H3. The molecule has 21 heavy (non-hydrogen) atoms. The van der Waals surface area contributed by atoms with Crippen molar-refractivity contribution in [2.24, 2.45) is 5.92 Å². The zero-order chi connectivity index (χ0) is 15.5. The minimum absolute atomic E-state index is 0.187. The highest BCUT2D eigenvalue weighted by Gasteiger charge is 2.26. The monoisotopic (exact) mass is 293 g/mol. The molecule has 0 aromatic carbocycles. The molecule has 0 atom stereocenters. The van der Waals surface area contributed by atoms with Gasteiger partial charge in [-0.05, 0) is 52.0 Å². The fourth-order valence-corrected chi connectivity index (χ4v) is 2.58. The Bertz CT molecular complexity index is 468. The highest BCUT2D eigenvalue weighted by Crippen LogP contribution is 2.21. The van der Waals surface area contributed by atoms with Crippen LogP contribution in [0.15, 0.2) is 12.3 Å². The van der Waals surface area contributed by atoms with E-state index < -0.39 is 5.60 Å². The van der Waals surface area contributed by atoms with Crippen molar-refractivity contribution in [2.75, 3.05) is 13.1 Å². The van der Waals surface area contributed by atoms with Crippen molar-refractivity contribution in [1.29, 1.82) is 0 Å². The van der Waals surface area contributed by atoms with Crippen molar-refractivity contribution in [2.45, 2.75) is 59.1 Å². The van der Waals surface area contributed by atoms with E-state index in [1.165, 1.54) is 0 Å². The fraction of sp³-hybridized carbons (Fsp3) is 0.750. The summed E-state index contributed by atoms with van der Waals surface area (Å²) in [6.45, 7) is 10.3. The van der Waals surface area contributed by atoms with E-state index in [2.05, 4.69) is 24.3 Å². The summed E-state index contributed by atoms with van der Waals surface area (Å²) < 4.78 is 7.45. The number of likely N-dealkylation sites (tertiary alicyclic amines) is 1. The van der Waals surface area contributed by atoms with Crippen LogP contribution in [0, 0.1) is 5.92 Å². The van der Waals surface area contributed by atoms with Crippen LogP contribution in [0.25, 0.3) is 0 Å². The molecule has 0 N–H and O–H groups in total. The predicted octanol–water partition coefficient (Wildman–Crippen LogP) is 3.09. The summed E-state index contributed by atoms with van der Waals surface area (Å²) in [6, 6.07) is 2.08. The molecule has 0 saturated carbocycles. The number of rotatable bonds is 3. The molecular weight excluding hydrogens is 266 g/mol. The van der Waals surface area contributed by atoms with E-state index >= 15 is 0 Å². The Morgan fingerprint density at radius 2 is 2.05 bits per heavy atom. The molecule has 5 nitrogen and oxygen atoms in total. The molecule has 0 aliphatic carbocycles. The smallest absolute Gasteiger partial charge is 0.410 e. The van der Waals surface area contributed by atoms with Gasteiger partial charge in [0.25, 0.3) is 0 Å². The number of aryl methyl sites for hydroxylation is 1. The molecule has 118 valence electrons. The Kier molecular flexibility index (Phi) is 4.91. The largest absolute Gasteiger partial charge is 0.444 e. The van der Waals surface area contributed by atoms with Gasteiger partial charge in [-0.1, -0.05) is 6.92 Å². The zero-order valence-corrected chi connectivity index (χ0v) is 13.6. The van der Waals surface area contributed by atoms with Gasteiger partial charge in [-0.25, -0.2) is 4.79 Å². The molecule has 1 fully saturated rings. The molecule has 0 spiro atoms. The summed E-state index contributed by atoms with van der Waals surface area (Å²) in [5.41, 5.74) is 0.723. The number of hydrogen-bond donors (Lipinski definition) is 0. The second-order valence-electron chi connectivity index (χ2n) is 6.79. The fourth-order valence-electron chi connectivity index (χ4n) is 2.58. The number of hydrogen-bond acceptors (Lipinski definition) is 3. The third-order valence-corrected chi connectivity index (χ3v) is 3.77. The maximum Gasteiger partial charge on any atom is 0.410 e. The Balaban J connectivity index is 1.79. The third-order valence-electron chi connectivity index (χ3n) is 3.77. The lowest BCUT2D eigenvalue weighted by atomic mass is 9.97. The molecule has 1 aliphatic heterocycles. The summed E-state index contributed by atoms with van der Waals surface area (Å²) in [5.74, 6) is 0.591. The van der Waals surface area contributed by atoms with Crippen LogP contribution >= 0.6 is 0 Å². The average molecular weight is 293 g/mol. The minimum Gasteiger partial charge on any atom is -0.444 e. The van der Waals surface area contributed by atoms with Gasteiger partial charge >= 0.3 is 6.09 Å². The Labute approximate surface area is 127 Å². The number of ether oxygens (including phenoxy) is 1. The van der Waals surface area contributed by atoms with Gasteiger partial charge in [-0.3, -0.25) is 4.68 Å². The number of nitrogens with zero attached hydrogens (tertiary/aromatic N) is 3. The molecule has 1 amide bonds. The van der Waals surface area contributed by atoms with Gasteiger partial charge in [0.15, 0.2) is 0 Å².